The molecule has 0 bridgehead atoms. The largest absolute Gasteiger partial charge is 0.698 e. The minimum atomic E-state index is -2.32. The van der Waals surface area contributed by atoms with Crippen molar-refractivity contribution in [2.75, 3.05) is 0 Å². The lowest BCUT2D eigenvalue weighted by atomic mass is 10.2. The van der Waals surface area contributed by atoms with E-state index in [-0.39, 0.29) is 13.2 Å². The van der Waals surface area contributed by atoms with Crippen LogP contribution in [0.5, 0.6) is 11.5 Å². The van der Waals surface area contributed by atoms with E-state index < -0.39 is 8.25 Å². The fourth-order valence-corrected chi connectivity index (χ4v) is 3.84. The van der Waals surface area contributed by atoms with Crippen molar-refractivity contribution in [1.82, 2.24) is 0 Å². The van der Waals surface area contributed by atoms with Crippen LogP contribution in [-0.4, -0.2) is 0 Å². The maximum atomic E-state index is 12.4. The molecule has 0 spiro atoms. The second-order valence-electron chi connectivity index (χ2n) is 7.53. The molecule has 0 N–H and O–H groups in total. The van der Waals surface area contributed by atoms with Crippen LogP contribution in [0.2, 0.25) is 0 Å². The van der Waals surface area contributed by atoms with Crippen LogP contribution in [0.15, 0.2) is 109 Å². The molecule has 0 saturated carbocycles. The van der Waals surface area contributed by atoms with Crippen LogP contribution >= 0.6 is 8.25 Å². The van der Waals surface area contributed by atoms with Crippen molar-refractivity contribution >= 4 is 8.25 Å². The van der Waals surface area contributed by atoms with Crippen LogP contribution in [0, 0.1) is 0 Å². The zero-order valence-electron chi connectivity index (χ0n) is 18.7. The van der Waals surface area contributed by atoms with Gasteiger partial charge in [0.15, 0.2) is 0 Å². The number of benzene rings is 4. The van der Waals surface area contributed by atoms with Crippen molar-refractivity contribution in [2.45, 2.75) is 26.4 Å². The molecule has 4 aromatic carbocycles. The minimum Gasteiger partial charge on any atom is -0.489 e. The molecule has 0 aliphatic carbocycles. The average molecular weight is 473 g/mol. The molecule has 0 saturated heterocycles. The van der Waals surface area contributed by atoms with Crippen molar-refractivity contribution in [3.8, 4) is 11.5 Å². The van der Waals surface area contributed by atoms with Gasteiger partial charge in [-0.25, -0.2) is 0 Å². The van der Waals surface area contributed by atoms with Crippen LogP contribution < -0.4 is 9.47 Å². The molecule has 0 fully saturated rings. The van der Waals surface area contributed by atoms with E-state index in [0.29, 0.717) is 24.7 Å². The number of para-hydroxylation sites is 2. The summed E-state index contributed by atoms with van der Waals surface area (Å²) in [6.45, 7) is 1.12. The number of rotatable bonds is 12. The quantitative estimate of drug-likeness (QED) is 0.203. The fraction of sp³-hybridized carbons (Fsp3) is 0.143. The zero-order chi connectivity index (χ0) is 23.4. The molecule has 5 nitrogen and oxygen atoms in total. The lowest BCUT2D eigenvalue weighted by molar-refractivity contribution is 0.205. The Morgan fingerprint density at radius 1 is 0.471 bits per heavy atom. The van der Waals surface area contributed by atoms with Crippen LogP contribution in [0.4, 0.5) is 0 Å². The van der Waals surface area contributed by atoms with E-state index in [1.54, 1.807) is 0 Å². The van der Waals surface area contributed by atoms with Crippen molar-refractivity contribution in [3.05, 3.63) is 131 Å². The van der Waals surface area contributed by atoms with Gasteiger partial charge in [-0.15, -0.1) is 9.05 Å². The van der Waals surface area contributed by atoms with Crippen LogP contribution in [-0.2, 0) is 40.0 Å². The van der Waals surface area contributed by atoms with Crippen LogP contribution in [0.3, 0.4) is 0 Å². The first-order chi connectivity index (χ1) is 16.8. The Labute approximate surface area is 200 Å². The van der Waals surface area contributed by atoms with Crippen molar-refractivity contribution in [2.24, 2.45) is 0 Å². The molecule has 0 radical (unpaired) electrons. The Balaban J connectivity index is 1.27. The molecular weight excluding hydrogens is 447 g/mol. The Morgan fingerprint density at radius 3 is 1.29 bits per heavy atom. The van der Waals surface area contributed by atoms with E-state index in [9.17, 15) is 4.57 Å². The molecule has 0 amide bonds. The van der Waals surface area contributed by atoms with Gasteiger partial charge in [0, 0.05) is 15.7 Å². The standard InChI is InChI=1S/C28H26O5P/c29-34(32-21-25-15-7-9-17-27(25)30-19-23-11-3-1-4-12-23)33-22-26-16-8-10-18-28(26)31-20-24-13-5-2-6-14-24/h1-18H,19-22H2/q+1. The second kappa shape index (κ2) is 12.7. The lowest BCUT2D eigenvalue weighted by Crippen LogP contribution is -2.00. The van der Waals surface area contributed by atoms with E-state index in [2.05, 4.69) is 0 Å². The third-order valence-corrected chi connectivity index (χ3v) is 5.75. The summed E-state index contributed by atoms with van der Waals surface area (Å²) in [6, 6.07) is 34.9. The van der Waals surface area contributed by atoms with E-state index in [1.807, 2.05) is 109 Å². The van der Waals surface area contributed by atoms with Crippen LogP contribution in [0.1, 0.15) is 22.3 Å². The Hall–Kier alpha value is -3.50. The van der Waals surface area contributed by atoms with Gasteiger partial charge in [-0.2, -0.15) is 0 Å². The molecule has 0 aliphatic heterocycles. The fourth-order valence-electron chi connectivity index (χ4n) is 3.28. The molecule has 0 heterocycles. The van der Waals surface area contributed by atoms with Gasteiger partial charge >= 0.3 is 8.25 Å². The monoisotopic (exact) mass is 473 g/mol. The average Bonchev–Trinajstić information content (AvgIpc) is 2.90. The molecule has 0 aliphatic rings. The van der Waals surface area contributed by atoms with Gasteiger partial charge in [-0.3, -0.25) is 0 Å². The molecule has 4 aromatic rings. The topological polar surface area (TPSA) is 54.0 Å². The van der Waals surface area contributed by atoms with E-state index in [4.69, 9.17) is 18.5 Å². The third-order valence-electron chi connectivity index (χ3n) is 5.07. The summed E-state index contributed by atoms with van der Waals surface area (Å²) in [7, 11) is -2.32. The summed E-state index contributed by atoms with van der Waals surface area (Å²) < 4.78 is 35.2. The van der Waals surface area contributed by atoms with Gasteiger partial charge in [0.2, 0.25) is 0 Å². The predicted octanol–water partition coefficient (Wildman–Crippen LogP) is 7.24. The van der Waals surface area contributed by atoms with E-state index in [1.165, 1.54) is 0 Å². The first-order valence-corrected chi connectivity index (χ1v) is 12.1. The molecule has 172 valence electrons. The smallest absolute Gasteiger partial charge is 0.489 e. The maximum Gasteiger partial charge on any atom is 0.698 e. The van der Waals surface area contributed by atoms with Gasteiger partial charge in [0.25, 0.3) is 0 Å². The highest BCUT2D eigenvalue weighted by atomic mass is 31.1. The lowest BCUT2D eigenvalue weighted by Gasteiger charge is -2.10. The van der Waals surface area contributed by atoms with Gasteiger partial charge in [0.1, 0.15) is 37.9 Å². The summed E-state index contributed by atoms with van der Waals surface area (Å²) >= 11 is 0. The summed E-state index contributed by atoms with van der Waals surface area (Å²) in [6.07, 6.45) is 0. The summed E-state index contributed by atoms with van der Waals surface area (Å²) in [4.78, 5) is 0. The molecule has 0 unspecified atom stereocenters. The van der Waals surface area contributed by atoms with Crippen LogP contribution in [0.25, 0.3) is 0 Å². The molecule has 34 heavy (non-hydrogen) atoms. The first-order valence-electron chi connectivity index (χ1n) is 11.0. The molecule has 4 rings (SSSR count). The maximum absolute atomic E-state index is 12.4. The minimum absolute atomic E-state index is 0.117. The number of hydrogen-bond acceptors (Lipinski definition) is 5. The second-order valence-corrected chi connectivity index (χ2v) is 8.50. The Kier molecular flexibility index (Phi) is 8.81. The summed E-state index contributed by atoms with van der Waals surface area (Å²) in [5.74, 6) is 1.38. The molecule has 0 atom stereocenters. The summed E-state index contributed by atoms with van der Waals surface area (Å²) in [5.41, 5.74) is 3.75. The Bertz CT molecular complexity index is 1090. The van der Waals surface area contributed by atoms with E-state index in [0.717, 1.165) is 22.3 Å². The van der Waals surface area contributed by atoms with Crippen molar-refractivity contribution < 1.29 is 23.1 Å². The van der Waals surface area contributed by atoms with Crippen molar-refractivity contribution in [3.63, 3.8) is 0 Å². The highest BCUT2D eigenvalue weighted by Crippen LogP contribution is 2.31. The van der Waals surface area contributed by atoms with Gasteiger partial charge in [-0.1, -0.05) is 97.1 Å². The summed E-state index contributed by atoms with van der Waals surface area (Å²) in [5, 5.41) is 0. The zero-order valence-corrected chi connectivity index (χ0v) is 19.6. The van der Waals surface area contributed by atoms with Crippen molar-refractivity contribution in [1.29, 1.82) is 0 Å². The molecule has 0 aromatic heterocycles. The molecular formula is C28H26O5P+. The molecule has 6 heteroatoms. The highest BCUT2D eigenvalue weighted by Gasteiger charge is 2.22. The van der Waals surface area contributed by atoms with E-state index >= 15 is 0 Å². The predicted molar refractivity (Wildman–Crippen MR) is 132 cm³/mol. The number of hydrogen-bond donors (Lipinski definition) is 0. The third kappa shape index (κ3) is 7.26. The Morgan fingerprint density at radius 2 is 0.853 bits per heavy atom. The van der Waals surface area contributed by atoms with Gasteiger partial charge in [-0.05, 0) is 23.3 Å². The van der Waals surface area contributed by atoms with Gasteiger partial charge < -0.3 is 9.47 Å². The normalized spacial score (nSPS) is 10.6. The number of ether oxygens (including phenoxy) is 2. The van der Waals surface area contributed by atoms with Gasteiger partial charge in [0.05, 0.1) is 0 Å². The SMILES string of the molecule is O=[P+](OCc1ccccc1OCc1ccccc1)OCc1ccccc1OCc1ccccc1. The first kappa shape index (κ1) is 23.7. The highest BCUT2D eigenvalue weighted by molar-refractivity contribution is 7.33.